The molecule has 0 aliphatic heterocycles. The zero-order valence-corrected chi connectivity index (χ0v) is 9.22. The summed E-state index contributed by atoms with van der Waals surface area (Å²) in [6.45, 7) is 0.365. The third kappa shape index (κ3) is 2.47. The van der Waals surface area contributed by atoms with Crippen molar-refractivity contribution in [3.05, 3.63) is 47.8 Å². The molecule has 2 aromatic rings. The van der Waals surface area contributed by atoms with Gasteiger partial charge in [0.1, 0.15) is 0 Å². The molecule has 5 nitrogen and oxygen atoms in total. The van der Waals surface area contributed by atoms with Gasteiger partial charge in [0.15, 0.2) is 0 Å². The number of carbonyl (C=O) groups excluding carboxylic acids is 1. The van der Waals surface area contributed by atoms with E-state index < -0.39 is 11.9 Å². The number of nitrogens with one attached hydrogen (secondary N) is 1. The molecule has 0 atom stereocenters. The van der Waals surface area contributed by atoms with E-state index in [1.54, 1.807) is 19.4 Å². The Balaban J connectivity index is 2.13. The second-order valence-corrected chi connectivity index (χ2v) is 3.61. The molecule has 0 aliphatic rings. The lowest BCUT2D eigenvalue weighted by Gasteiger charge is -2.16. The standard InChI is InChI=1S/C11H11FN4O/c1-16(7-8-5-14-15-6-8)11(17)9-3-2-4-13-10(9)12/h2-6H,7H2,1H3,(H,14,15). The molecule has 1 amide bonds. The van der Waals surface area contributed by atoms with E-state index in [9.17, 15) is 9.18 Å². The van der Waals surface area contributed by atoms with E-state index in [0.717, 1.165) is 5.56 Å². The second kappa shape index (κ2) is 4.73. The number of H-pyrrole nitrogens is 1. The highest BCUT2D eigenvalue weighted by molar-refractivity contribution is 5.93. The van der Waals surface area contributed by atoms with Crippen LogP contribution in [-0.4, -0.2) is 33.0 Å². The van der Waals surface area contributed by atoms with Gasteiger partial charge in [-0.05, 0) is 12.1 Å². The zero-order valence-electron chi connectivity index (χ0n) is 9.22. The minimum Gasteiger partial charge on any atom is -0.337 e. The molecular weight excluding hydrogens is 223 g/mol. The van der Waals surface area contributed by atoms with E-state index in [-0.39, 0.29) is 5.56 Å². The molecule has 0 spiro atoms. The van der Waals surface area contributed by atoms with E-state index in [1.165, 1.54) is 23.2 Å². The van der Waals surface area contributed by atoms with Crippen molar-refractivity contribution in [2.45, 2.75) is 6.54 Å². The number of carbonyl (C=O) groups is 1. The summed E-state index contributed by atoms with van der Waals surface area (Å²) in [7, 11) is 1.60. The third-order valence-electron chi connectivity index (χ3n) is 2.31. The van der Waals surface area contributed by atoms with Gasteiger partial charge in [0.2, 0.25) is 5.95 Å². The highest BCUT2D eigenvalue weighted by atomic mass is 19.1. The SMILES string of the molecule is CN(Cc1cn[nH]c1)C(=O)c1cccnc1F. The molecule has 0 unspecified atom stereocenters. The first-order valence-electron chi connectivity index (χ1n) is 5.02. The maximum absolute atomic E-state index is 13.3. The van der Waals surface area contributed by atoms with Crippen molar-refractivity contribution < 1.29 is 9.18 Å². The van der Waals surface area contributed by atoms with Crippen molar-refractivity contribution in [3.8, 4) is 0 Å². The second-order valence-electron chi connectivity index (χ2n) is 3.61. The molecule has 0 saturated carbocycles. The van der Waals surface area contributed by atoms with Gasteiger partial charge in [-0.2, -0.15) is 9.49 Å². The van der Waals surface area contributed by atoms with Crippen LogP contribution < -0.4 is 0 Å². The molecule has 1 N–H and O–H groups in total. The molecule has 0 aromatic carbocycles. The molecule has 0 saturated heterocycles. The van der Waals surface area contributed by atoms with Crippen LogP contribution in [0.3, 0.4) is 0 Å². The van der Waals surface area contributed by atoms with Crippen LogP contribution in [-0.2, 0) is 6.54 Å². The molecule has 6 heteroatoms. The van der Waals surface area contributed by atoms with Crippen molar-refractivity contribution in [1.29, 1.82) is 0 Å². The van der Waals surface area contributed by atoms with Crippen LogP contribution in [0, 0.1) is 5.95 Å². The Kier molecular flexibility index (Phi) is 3.13. The van der Waals surface area contributed by atoms with E-state index in [4.69, 9.17) is 0 Å². The maximum Gasteiger partial charge on any atom is 0.258 e. The van der Waals surface area contributed by atoms with Crippen molar-refractivity contribution >= 4 is 5.91 Å². The van der Waals surface area contributed by atoms with Crippen molar-refractivity contribution in [2.24, 2.45) is 0 Å². The van der Waals surface area contributed by atoms with Gasteiger partial charge in [0.05, 0.1) is 11.8 Å². The summed E-state index contributed by atoms with van der Waals surface area (Å²) >= 11 is 0. The van der Waals surface area contributed by atoms with Crippen LogP contribution >= 0.6 is 0 Å². The smallest absolute Gasteiger partial charge is 0.258 e. The van der Waals surface area contributed by atoms with Crippen molar-refractivity contribution in [3.63, 3.8) is 0 Å². The minimum atomic E-state index is -0.753. The quantitative estimate of drug-likeness (QED) is 0.812. The van der Waals surface area contributed by atoms with Crippen LogP contribution in [0.25, 0.3) is 0 Å². The van der Waals surface area contributed by atoms with E-state index in [1.807, 2.05) is 0 Å². The van der Waals surface area contributed by atoms with Crippen LogP contribution in [0.4, 0.5) is 4.39 Å². The average Bonchev–Trinajstić information content (AvgIpc) is 2.81. The van der Waals surface area contributed by atoms with Gasteiger partial charge in [-0.3, -0.25) is 9.89 Å². The number of aromatic amines is 1. The van der Waals surface area contributed by atoms with Gasteiger partial charge in [-0.15, -0.1) is 0 Å². The molecule has 2 heterocycles. The number of amides is 1. The van der Waals surface area contributed by atoms with Crippen LogP contribution in [0.15, 0.2) is 30.7 Å². The Morgan fingerprint density at radius 1 is 1.59 bits per heavy atom. The normalized spacial score (nSPS) is 10.2. The van der Waals surface area contributed by atoms with Gasteiger partial charge in [-0.25, -0.2) is 4.98 Å². The zero-order chi connectivity index (χ0) is 12.3. The monoisotopic (exact) mass is 234 g/mol. The lowest BCUT2D eigenvalue weighted by Crippen LogP contribution is -2.27. The summed E-state index contributed by atoms with van der Waals surface area (Å²) in [5.74, 6) is -1.16. The molecule has 0 radical (unpaired) electrons. The number of nitrogens with zero attached hydrogens (tertiary/aromatic N) is 3. The third-order valence-corrected chi connectivity index (χ3v) is 2.31. The predicted octanol–water partition coefficient (Wildman–Crippen LogP) is 1.22. The van der Waals surface area contributed by atoms with Gasteiger partial charge >= 0.3 is 0 Å². The summed E-state index contributed by atoms with van der Waals surface area (Å²) in [5, 5.41) is 6.43. The van der Waals surface area contributed by atoms with E-state index >= 15 is 0 Å². The molecule has 17 heavy (non-hydrogen) atoms. The largest absolute Gasteiger partial charge is 0.337 e. The van der Waals surface area contributed by atoms with E-state index in [0.29, 0.717) is 6.54 Å². The number of aromatic nitrogens is 3. The topological polar surface area (TPSA) is 61.9 Å². The molecule has 88 valence electrons. The summed E-state index contributed by atoms with van der Waals surface area (Å²) in [4.78, 5) is 16.8. The Hall–Kier alpha value is -2.24. The van der Waals surface area contributed by atoms with Crippen LogP contribution in [0.2, 0.25) is 0 Å². The Labute approximate surface area is 97.3 Å². The lowest BCUT2D eigenvalue weighted by atomic mass is 10.2. The first kappa shape index (κ1) is 11.3. The number of pyridine rings is 1. The fourth-order valence-electron chi connectivity index (χ4n) is 1.46. The number of hydrogen-bond acceptors (Lipinski definition) is 3. The number of hydrogen-bond donors (Lipinski definition) is 1. The summed E-state index contributed by atoms with van der Waals surface area (Å²) in [5.41, 5.74) is 0.823. The Bertz CT molecular complexity index is 512. The molecule has 2 rings (SSSR count). The lowest BCUT2D eigenvalue weighted by molar-refractivity contribution is 0.0779. The van der Waals surface area contributed by atoms with Gasteiger partial charge in [-0.1, -0.05) is 0 Å². The minimum absolute atomic E-state index is 0.0292. The van der Waals surface area contributed by atoms with Gasteiger partial charge < -0.3 is 4.90 Å². The summed E-state index contributed by atoms with van der Waals surface area (Å²) in [6.07, 6.45) is 4.61. The van der Waals surface area contributed by atoms with Crippen molar-refractivity contribution in [2.75, 3.05) is 7.05 Å². The molecule has 0 fully saturated rings. The highest BCUT2D eigenvalue weighted by Crippen LogP contribution is 2.09. The molecule has 0 bridgehead atoms. The van der Waals surface area contributed by atoms with Crippen molar-refractivity contribution in [1.82, 2.24) is 20.1 Å². The number of rotatable bonds is 3. The first-order valence-corrected chi connectivity index (χ1v) is 5.02. The van der Waals surface area contributed by atoms with Crippen LogP contribution in [0.5, 0.6) is 0 Å². The van der Waals surface area contributed by atoms with Gasteiger partial charge in [0, 0.05) is 31.5 Å². The molecular formula is C11H11FN4O. The highest BCUT2D eigenvalue weighted by Gasteiger charge is 2.16. The Morgan fingerprint density at radius 2 is 2.41 bits per heavy atom. The fraction of sp³-hybridized carbons (Fsp3) is 0.182. The summed E-state index contributed by atoms with van der Waals surface area (Å²) in [6, 6.07) is 2.94. The molecule has 0 aliphatic carbocycles. The number of halogens is 1. The predicted molar refractivity (Wildman–Crippen MR) is 58.6 cm³/mol. The fourth-order valence-corrected chi connectivity index (χ4v) is 1.46. The first-order chi connectivity index (χ1) is 8.18. The van der Waals surface area contributed by atoms with Gasteiger partial charge in [0.25, 0.3) is 5.91 Å². The van der Waals surface area contributed by atoms with E-state index in [2.05, 4.69) is 15.2 Å². The van der Waals surface area contributed by atoms with Crippen LogP contribution in [0.1, 0.15) is 15.9 Å². The molecule has 2 aromatic heterocycles. The summed E-state index contributed by atoms with van der Waals surface area (Å²) < 4.78 is 13.3. The Morgan fingerprint density at radius 3 is 3.06 bits per heavy atom. The maximum atomic E-state index is 13.3. The average molecular weight is 234 g/mol.